The molecule has 4 heteroatoms. The smallest absolute Gasteiger partial charge is 0.131 e. The molecule has 0 aliphatic carbocycles. The van der Waals surface area contributed by atoms with Gasteiger partial charge >= 0.3 is 0 Å². The first-order valence-corrected chi connectivity index (χ1v) is 4.49. The van der Waals surface area contributed by atoms with Crippen molar-refractivity contribution in [3.8, 4) is 0 Å². The number of unbranched alkanes of at least 4 members (excludes halogenated alkanes) is 1. The van der Waals surface area contributed by atoms with E-state index in [2.05, 4.69) is 16.9 Å². The Bertz CT molecular complexity index is 247. The number of aryl methyl sites for hydroxylation is 1. The zero-order valence-electron chi connectivity index (χ0n) is 7.10. The summed E-state index contributed by atoms with van der Waals surface area (Å²) < 4.78 is 0. The minimum atomic E-state index is -0.0958. The summed E-state index contributed by atoms with van der Waals surface area (Å²) in [6.45, 7) is 2.03. The number of hydrogen-bond acceptors (Lipinski definition) is 2. The zero-order valence-corrected chi connectivity index (χ0v) is 7.86. The van der Waals surface area contributed by atoms with Gasteiger partial charge in [0.05, 0.1) is 6.61 Å². The van der Waals surface area contributed by atoms with Crippen LogP contribution < -0.4 is 0 Å². The Labute approximate surface area is 76.8 Å². The molecule has 1 heterocycles. The van der Waals surface area contributed by atoms with Crippen LogP contribution in [-0.2, 0) is 13.0 Å². The molecule has 0 saturated heterocycles. The SMILES string of the molecule is CCCCc1nc(CO)c(Cl)[nH]1. The third-order valence-corrected chi connectivity index (χ3v) is 2.01. The summed E-state index contributed by atoms with van der Waals surface area (Å²) in [5.74, 6) is 0.867. The summed E-state index contributed by atoms with van der Waals surface area (Å²) >= 11 is 5.75. The number of imidazole rings is 1. The fourth-order valence-electron chi connectivity index (χ4n) is 1.01. The molecule has 0 radical (unpaired) electrons. The van der Waals surface area contributed by atoms with Gasteiger partial charge in [-0.05, 0) is 6.42 Å². The minimum absolute atomic E-state index is 0.0958. The molecule has 1 aromatic heterocycles. The Kier molecular flexibility index (Phi) is 3.56. The van der Waals surface area contributed by atoms with E-state index in [9.17, 15) is 0 Å². The van der Waals surface area contributed by atoms with Gasteiger partial charge in [-0.3, -0.25) is 0 Å². The highest BCUT2D eigenvalue weighted by Gasteiger charge is 2.05. The number of H-pyrrole nitrogens is 1. The second-order valence-electron chi connectivity index (χ2n) is 2.71. The van der Waals surface area contributed by atoms with Crippen molar-refractivity contribution >= 4 is 11.6 Å². The summed E-state index contributed by atoms with van der Waals surface area (Å²) in [6, 6.07) is 0. The molecule has 68 valence electrons. The van der Waals surface area contributed by atoms with E-state index < -0.39 is 0 Å². The van der Waals surface area contributed by atoms with Crippen molar-refractivity contribution in [3.63, 3.8) is 0 Å². The second kappa shape index (κ2) is 4.48. The van der Waals surface area contributed by atoms with Crippen LogP contribution in [0.5, 0.6) is 0 Å². The fourth-order valence-corrected chi connectivity index (χ4v) is 1.22. The van der Waals surface area contributed by atoms with Crippen LogP contribution in [0, 0.1) is 0 Å². The number of rotatable bonds is 4. The Morgan fingerprint density at radius 1 is 1.58 bits per heavy atom. The molecule has 12 heavy (non-hydrogen) atoms. The molecule has 3 nitrogen and oxygen atoms in total. The van der Waals surface area contributed by atoms with Crippen LogP contribution in [0.15, 0.2) is 0 Å². The van der Waals surface area contributed by atoms with Gasteiger partial charge in [-0.15, -0.1) is 0 Å². The van der Waals surface area contributed by atoms with Crippen molar-refractivity contribution in [1.29, 1.82) is 0 Å². The van der Waals surface area contributed by atoms with E-state index in [1.807, 2.05) is 0 Å². The average Bonchev–Trinajstić information content (AvgIpc) is 2.43. The molecule has 0 fully saturated rings. The molecule has 2 N–H and O–H groups in total. The maximum absolute atomic E-state index is 8.79. The molecule has 0 saturated carbocycles. The van der Waals surface area contributed by atoms with Gasteiger partial charge in [0.25, 0.3) is 0 Å². The number of aromatic amines is 1. The predicted octanol–water partition coefficient (Wildman–Crippen LogP) is 1.90. The zero-order chi connectivity index (χ0) is 8.97. The second-order valence-corrected chi connectivity index (χ2v) is 3.08. The standard InChI is InChI=1S/C8H13ClN2O/c1-2-3-4-7-10-6(5-12)8(9)11-7/h12H,2-5H2,1H3,(H,10,11). The maximum Gasteiger partial charge on any atom is 0.131 e. The van der Waals surface area contributed by atoms with Gasteiger partial charge in [-0.2, -0.15) is 0 Å². The molecule has 1 aromatic rings. The third kappa shape index (κ3) is 2.22. The predicted molar refractivity (Wildman–Crippen MR) is 48.1 cm³/mol. The Morgan fingerprint density at radius 2 is 2.33 bits per heavy atom. The van der Waals surface area contributed by atoms with Gasteiger partial charge < -0.3 is 10.1 Å². The first-order valence-electron chi connectivity index (χ1n) is 4.12. The van der Waals surface area contributed by atoms with Crippen LogP contribution in [0.4, 0.5) is 0 Å². The largest absolute Gasteiger partial charge is 0.390 e. The van der Waals surface area contributed by atoms with Gasteiger partial charge in [0.15, 0.2) is 0 Å². The van der Waals surface area contributed by atoms with E-state index in [1.54, 1.807) is 0 Å². The quantitative estimate of drug-likeness (QED) is 0.758. The number of aliphatic hydroxyl groups is 1. The van der Waals surface area contributed by atoms with Gasteiger partial charge in [0.2, 0.25) is 0 Å². The highest BCUT2D eigenvalue weighted by Crippen LogP contribution is 2.13. The van der Waals surface area contributed by atoms with Crippen LogP contribution in [0.25, 0.3) is 0 Å². The van der Waals surface area contributed by atoms with Crippen molar-refractivity contribution in [2.75, 3.05) is 0 Å². The highest BCUT2D eigenvalue weighted by atomic mass is 35.5. The van der Waals surface area contributed by atoms with Crippen molar-refractivity contribution in [2.24, 2.45) is 0 Å². The molecule has 0 spiro atoms. The Morgan fingerprint density at radius 3 is 2.83 bits per heavy atom. The van der Waals surface area contributed by atoms with Crippen LogP contribution in [0.2, 0.25) is 5.15 Å². The maximum atomic E-state index is 8.79. The lowest BCUT2D eigenvalue weighted by atomic mass is 10.2. The lowest BCUT2D eigenvalue weighted by Gasteiger charge is -1.91. The van der Waals surface area contributed by atoms with Crippen LogP contribution in [0.3, 0.4) is 0 Å². The molecule has 0 atom stereocenters. The van der Waals surface area contributed by atoms with Gasteiger partial charge in [-0.1, -0.05) is 24.9 Å². The first kappa shape index (κ1) is 9.55. The summed E-state index contributed by atoms with van der Waals surface area (Å²) in [6.07, 6.45) is 3.12. The van der Waals surface area contributed by atoms with E-state index in [0.29, 0.717) is 10.8 Å². The number of aromatic nitrogens is 2. The molecular weight excluding hydrogens is 176 g/mol. The summed E-state index contributed by atoms with van der Waals surface area (Å²) in [5, 5.41) is 9.25. The summed E-state index contributed by atoms with van der Waals surface area (Å²) in [7, 11) is 0. The van der Waals surface area contributed by atoms with E-state index in [-0.39, 0.29) is 6.61 Å². The number of hydrogen-bond donors (Lipinski definition) is 2. The van der Waals surface area contributed by atoms with Crippen LogP contribution in [-0.4, -0.2) is 15.1 Å². The number of aliphatic hydroxyl groups excluding tert-OH is 1. The molecule has 0 aliphatic heterocycles. The average molecular weight is 189 g/mol. The van der Waals surface area contributed by atoms with E-state index in [0.717, 1.165) is 25.1 Å². The molecular formula is C8H13ClN2O. The third-order valence-electron chi connectivity index (χ3n) is 1.69. The first-order chi connectivity index (χ1) is 5.77. The van der Waals surface area contributed by atoms with Gasteiger partial charge in [0, 0.05) is 6.42 Å². The highest BCUT2D eigenvalue weighted by molar-refractivity contribution is 6.30. The Balaban J connectivity index is 2.62. The topological polar surface area (TPSA) is 48.9 Å². The molecule has 0 bridgehead atoms. The van der Waals surface area contributed by atoms with E-state index in [4.69, 9.17) is 16.7 Å². The van der Waals surface area contributed by atoms with E-state index in [1.165, 1.54) is 0 Å². The lowest BCUT2D eigenvalue weighted by Crippen LogP contribution is -1.88. The van der Waals surface area contributed by atoms with Crippen molar-refractivity contribution in [3.05, 3.63) is 16.7 Å². The molecule has 0 amide bonds. The molecule has 0 aliphatic rings. The monoisotopic (exact) mass is 188 g/mol. The van der Waals surface area contributed by atoms with Crippen molar-refractivity contribution in [2.45, 2.75) is 32.8 Å². The lowest BCUT2D eigenvalue weighted by molar-refractivity contribution is 0.277. The number of nitrogens with zero attached hydrogens (tertiary/aromatic N) is 1. The number of halogens is 1. The summed E-state index contributed by atoms with van der Waals surface area (Å²) in [5.41, 5.74) is 0.544. The van der Waals surface area contributed by atoms with Crippen molar-refractivity contribution in [1.82, 2.24) is 9.97 Å². The van der Waals surface area contributed by atoms with Crippen LogP contribution in [0.1, 0.15) is 31.3 Å². The fraction of sp³-hybridized carbons (Fsp3) is 0.625. The minimum Gasteiger partial charge on any atom is -0.390 e. The van der Waals surface area contributed by atoms with Crippen LogP contribution >= 0.6 is 11.6 Å². The molecule has 1 rings (SSSR count). The normalized spacial score (nSPS) is 10.6. The van der Waals surface area contributed by atoms with Crippen molar-refractivity contribution < 1.29 is 5.11 Å². The van der Waals surface area contributed by atoms with Gasteiger partial charge in [0.1, 0.15) is 16.7 Å². The molecule has 0 aromatic carbocycles. The van der Waals surface area contributed by atoms with Gasteiger partial charge in [-0.25, -0.2) is 4.98 Å². The molecule has 0 unspecified atom stereocenters. The summed E-state index contributed by atoms with van der Waals surface area (Å²) in [4.78, 5) is 7.05. The number of nitrogens with one attached hydrogen (secondary N) is 1. The van der Waals surface area contributed by atoms with E-state index >= 15 is 0 Å². The Hall–Kier alpha value is -0.540.